The molecule has 0 bridgehead atoms. The van der Waals surface area contributed by atoms with Crippen molar-refractivity contribution >= 4 is 5.91 Å². The fourth-order valence-electron chi connectivity index (χ4n) is 3.94. The second-order valence-corrected chi connectivity index (χ2v) is 7.83. The van der Waals surface area contributed by atoms with Crippen molar-refractivity contribution in [1.82, 2.24) is 25.5 Å². The third kappa shape index (κ3) is 3.37. The molecule has 3 heterocycles. The summed E-state index contributed by atoms with van der Waals surface area (Å²) in [7, 11) is 0. The van der Waals surface area contributed by atoms with Gasteiger partial charge in [0.1, 0.15) is 12.6 Å². The molecule has 30 heavy (non-hydrogen) atoms. The maximum atomic E-state index is 13.1. The zero-order valence-electron chi connectivity index (χ0n) is 16.9. The summed E-state index contributed by atoms with van der Waals surface area (Å²) in [6.45, 7) is 4.48. The molecular weight excluding hydrogens is 378 g/mol. The first kappa shape index (κ1) is 18.6. The molecule has 5 rings (SSSR count). The zero-order valence-corrected chi connectivity index (χ0v) is 16.9. The van der Waals surface area contributed by atoms with E-state index in [1.54, 1.807) is 11.1 Å². The molecule has 2 atom stereocenters. The van der Waals surface area contributed by atoms with Crippen molar-refractivity contribution in [2.75, 3.05) is 0 Å². The van der Waals surface area contributed by atoms with Crippen LogP contribution in [0.2, 0.25) is 0 Å². The molecule has 1 N–H and O–H groups in total. The summed E-state index contributed by atoms with van der Waals surface area (Å²) in [5, 5.41) is 5.94. The number of hydrogen-bond donors (Lipinski definition) is 1. The number of carbonyl (C=O) groups excluding carboxylic acids is 1. The molecule has 2 unspecified atom stereocenters. The van der Waals surface area contributed by atoms with Crippen LogP contribution in [0.5, 0.6) is 0 Å². The number of nitrogens with one attached hydrogen (secondary N) is 1. The number of rotatable bonds is 4. The number of nitrogens with zero attached hydrogens (tertiary/aromatic N) is 4. The Morgan fingerprint density at radius 3 is 2.73 bits per heavy atom. The van der Waals surface area contributed by atoms with E-state index in [1.165, 1.54) is 16.7 Å². The summed E-state index contributed by atoms with van der Waals surface area (Å²) in [5.74, 6) is 0.964. The topological polar surface area (TPSA) is 74.5 Å². The average molecular weight is 401 g/mol. The summed E-state index contributed by atoms with van der Waals surface area (Å²) in [5.41, 5.74) is 8.05. The molecule has 0 spiro atoms. The van der Waals surface area contributed by atoms with Crippen LogP contribution in [0.25, 0.3) is 11.4 Å². The first-order valence-corrected chi connectivity index (χ1v) is 10.1. The van der Waals surface area contributed by atoms with E-state index in [0.717, 1.165) is 5.56 Å². The van der Waals surface area contributed by atoms with Crippen molar-refractivity contribution in [2.24, 2.45) is 0 Å². The van der Waals surface area contributed by atoms with Crippen molar-refractivity contribution in [3.8, 4) is 11.4 Å². The predicted octanol–water partition coefficient (Wildman–Crippen LogP) is 3.49. The summed E-state index contributed by atoms with van der Waals surface area (Å²) in [6, 6.07) is 16.0. The van der Waals surface area contributed by atoms with E-state index in [0.29, 0.717) is 18.1 Å². The first-order valence-electron chi connectivity index (χ1n) is 10.1. The average Bonchev–Trinajstić information content (AvgIpc) is 3.40. The van der Waals surface area contributed by atoms with Crippen molar-refractivity contribution in [2.45, 2.75) is 38.9 Å². The van der Waals surface area contributed by atoms with Crippen molar-refractivity contribution in [1.29, 1.82) is 0 Å². The van der Waals surface area contributed by atoms with Crippen molar-refractivity contribution in [3.63, 3.8) is 0 Å². The Morgan fingerprint density at radius 1 is 1.10 bits per heavy atom. The third-order valence-electron chi connectivity index (χ3n) is 5.81. The summed E-state index contributed by atoms with van der Waals surface area (Å²) >= 11 is 0. The largest absolute Gasteiger partial charge is 0.337 e. The molecule has 2 aromatic carbocycles. The van der Waals surface area contributed by atoms with Gasteiger partial charge in [0.05, 0.1) is 6.04 Å². The normalized spacial score (nSPS) is 20.7. The molecule has 152 valence electrons. The fraction of sp³-hybridized carbons (Fsp3) is 0.261. The predicted molar refractivity (Wildman–Crippen MR) is 111 cm³/mol. The smallest absolute Gasteiger partial charge is 0.251 e. The Bertz CT molecular complexity index is 1110. The summed E-state index contributed by atoms with van der Waals surface area (Å²) in [6.07, 6.45) is 4.38. The van der Waals surface area contributed by atoms with Gasteiger partial charge in [-0.1, -0.05) is 53.7 Å². The van der Waals surface area contributed by atoms with Crippen LogP contribution in [-0.4, -0.2) is 32.0 Å². The van der Waals surface area contributed by atoms with Gasteiger partial charge in [0.15, 0.2) is 0 Å². The molecule has 7 nitrogen and oxygen atoms in total. The lowest BCUT2D eigenvalue weighted by atomic mass is 9.97. The fourth-order valence-corrected chi connectivity index (χ4v) is 3.94. The monoisotopic (exact) mass is 401 g/mol. The van der Waals surface area contributed by atoms with Crippen LogP contribution < -0.4 is 5.43 Å². The molecular formula is C23H23N5O2. The van der Waals surface area contributed by atoms with E-state index in [9.17, 15) is 4.79 Å². The molecule has 7 heteroatoms. The van der Waals surface area contributed by atoms with Crippen molar-refractivity contribution < 1.29 is 9.32 Å². The molecule has 2 aliphatic rings. The number of amides is 1. The lowest BCUT2D eigenvalue weighted by Crippen LogP contribution is -2.47. The third-order valence-corrected chi connectivity index (χ3v) is 5.81. The Balaban J connectivity index is 1.29. The van der Waals surface area contributed by atoms with E-state index >= 15 is 0 Å². The van der Waals surface area contributed by atoms with Crippen LogP contribution in [0.15, 0.2) is 65.5 Å². The Kier molecular flexibility index (Phi) is 4.59. The number of aryl methyl sites for hydroxylation is 2. The van der Waals surface area contributed by atoms with E-state index in [1.807, 2.05) is 41.5 Å². The van der Waals surface area contributed by atoms with E-state index in [2.05, 4.69) is 47.6 Å². The number of benzene rings is 2. The quantitative estimate of drug-likeness (QED) is 0.721. The van der Waals surface area contributed by atoms with Gasteiger partial charge in [-0.05, 0) is 37.0 Å². The highest BCUT2D eigenvalue weighted by Crippen LogP contribution is 2.32. The molecule has 1 amide bonds. The van der Waals surface area contributed by atoms with Crippen LogP contribution in [0.1, 0.15) is 35.0 Å². The lowest BCUT2D eigenvalue weighted by Gasteiger charge is -2.30. The molecule has 3 aromatic rings. The minimum Gasteiger partial charge on any atom is -0.337 e. The maximum Gasteiger partial charge on any atom is 0.251 e. The van der Waals surface area contributed by atoms with Gasteiger partial charge in [0.25, 0.3) is 5.91 Å². The number of hydrogen-bond acceptors (Lipinski definition) is 6. The number of aromatic nitrogens is 2. The van der Waals surface area contributed by atoms with E-state index in [4.69, 9.17) is 4.52 Å². The van der Waals surface area contributed by atoms with E-state index < -0.39 is 0 Å². The van der Waals surface area contributed by atoms with Gasteiger partial charge in [-0.3, -0.25) is 4.79 Å². The zero-order chi connectivity index (χ0) is 20.7. The van der Waals surface area contributed by atoms with Gasteiger partial charge in [-0.25, -0.2) is 5.43 Å². The van der Waals surface area contributed by atoms with Crippen LogP contribution in [0.3, 0.4) is 0 Å². The minimum atomic E-state index is -0.252. The van der Waals surface area contributed by atoms with Crippen LogP contribution in [0, 0.1) is 13.8 Å². The minimum absolute atomic E-state index is 0.0239. The molecule has 0 radical (unpaired) electrons. The molecule has 1 aromatic heterocycles. The summed E-state index contributed by atoms with van der Waals surface area (Å²) < 4.78 is 5.38. The highest BCUT2D eigenvalue weighted by Gasteiger charge is 2.40. The van der Waals surface area contributed by atoms with Crippen LogP contribution >= 0.6 is 0 Å². The van der Waals surface area contributed by atoms with Gasteiger partial charge < -0.3 is 14.4 Å². The van der Waals surface area contributed by atoms with Crippen LogP contribution in [-0.2, 0) is 11.3 Å². The second-order valence-electron chi connectivity index (χ2n) is 7.83. The Hall–Kier alpha value is -3.45. The molecule has 1 saturated heterocycles. The number of hydrazine groups is 1. The highest BCUT2D eigenvalue weighted by molar-refractivity contribution is 5.84. The highest BCUT2D eigenvalue weighted by atomic mass is 16.5. The van der Waals surface area contributed by atoms with Gasteiger partial charge >= 0.3 is 0 Å². The molecule has 0 aliphatic carbocycles. The van der Waals surface area contributed by atoms with Gasteiger partial charge in [0, 0.05) is 18.0 Å². The number of carbonyl (C=O) groups is 1. The molecule has 0 saturated carbocycles. The van der Waals surface area contributed by atoms with Gasteiger partial charge in [-0.2, -0.15) is 4.98 Å². The second kappa shape index (κ2) is 7.42. The molecule has 2 aliphatic heterocycles. The summed E-state index contributed by atoms with van der Waals surface area (Å²) in [4.78, 5) is 19.2. The SMILES string of the molecule is Cc1ccc(C2CC3C(=O)N(Cc4nc(-c5ccccc5)no4)C=CN3N2)cc1C. The van der Waals surface area contributed by atoms with E-state index in [-0.39, 0.29) is 24.5 Å². The Morgan fingerprint density at radius 2 is 1.93 bits per heavy atom. The van der Waals surface area contributed by atoms with Gasteiger partial charge in [-0.15, -0.1) is 0 Å². The van der Waals surface area contributed by atoms with Crippen LogP contribution in [0.4, 0.5) is 0 Å². The Labute approximate surface area is 175 Å². The molecule has 1 fully saturated rings. The first-order chi connectivity index (χ1) is 14.6. The maximum absolute atomic E-state index is 13.1. The number of fused-ring (bicyclic) bond motifs is 1. The standard InChI is InChI=1S/C23H23N5O2/c1-15-8-9-18(12-16(15)2)19-13-20-23(29)27(10-11-28(20)25-19)14-21-24-22(26-30-21)17-6-4-3-5-7-17/h3-12,19-20,25H,13-14H2,1-2H3. The van der Waals surface area contributed by atoms with Crippen molar-refractivity contribution in [3.05, 3.63) is 83.5 Å². The van der Waals surface area contributed by atoms with Gasteiger partial charge in [0.2, 0.25) is 11.7 Å². The lowest BCUT2D eigenvalue weighted by molar-refractivity contribution is -0.135.